The SMILES string of the molecule is COc1ccc(CNC(=O)/C(C#N)=C\c2cn(C)c3ccccc23)cc1. The second kappa shape index (κ2) is 7.58. The average Bonchev–Trinajstić information content (AvgIpc) is 3.00. The van der Waals surface area contributed by atoms with Gasteiger partial charge in [0.05, 0.1) is 7.11 Å². The first-order valence-electron chi connectivity index (χ1n) is 8.19. The summed E-state index contributed by atoms with van der Waals surface area (Å²) in [5, 5.41) is 13.2. The van der Waals surface area contributed by atoms with Crippen LogP contribution in [-0.2, 0) is 18.4 Å². The van der Waals surface area contributed by atoms with Crippen LogP contribution in [0.15, 0.2) is 60.3 Å². The number of aromatic nitrogens is 1. The number of hydrogen-bond donors (Lipinski definition) is 1. The summed E-state index contributed by atoms with van der Waals surface area (Å²) in [7, 11) is 3.55. The number of nitrogens with zero attached hydrogens (tertiary/aromatic N) is 2. The minimum Gasteiger partial charge on any atom is -0.497 e. The van der Waals surface area contributed by atoms with Gasteiger partial charge in [-0.3, -0.25) is 4.79 Å². The maximum Gasteiger partial charge on any atom is 0.262 e. The smallest absolute Gasteiger partial charge is 0.262 e. The lowest BCUT2D eigenvalue weighted by Gasteiger charge is -2.05. The minimum atomic E-state index is -0.392. The topological polar surface area (TPSA) is 67.0 Å². The van der Waals surface area contributed by atoms with Gasteiger partial charge in [0, 0.05) is 36.3 Å². The molecule has 0 aliphatic heterocycles. The number of hydrogen-bond acceptors (Lipinski definition) is 3. The van der Waals surface area contributed by atoms with Crippen molar-refractivity contribution in [2.75, 3.05) is 7.11 Å². The molecule has 1 amide bonds. The van der Waals surface area contributed by atoms with Crippen LogP contribution in [-0.4, -0.2) is 17.6 Å². The van der Waals surface area contributed by atoms with Gasteiger partial charge in [-0.2, -0.15) is 5.26 Å². The van der Waals surface area contributed by atoms with Crippen molar-refractivity contribution in [2.24, 2.45) is 7.05 Å². The number of ether oxygens (including phenoxy) is 1. The van der Waals surface area contributed by atoms with Crippen molar-refractivity contribution in [3.05, 3.63) is 71.4 Å². The van der Waals surface area contributed by atoms with E-state index in [2.05, 4.69) is 5.32 Å². The summed E-state index contributed by atoms with van der Waals surface area (Å²) in [4.78, 5) is 12.4. The summed E-state index contributed by atoms with van der Waals surface area (Å²) in [5.74, 6) is 0.366. The van der Waals surface area contributed by atoms with Crippen LogP contribution in [0.2, 0.25) is 0 Å². The number of fused-ring (bicyclic) bond motifs is 1. The van der Waals surface area contributed by atoms with Crippen molar-refractivity contribution in [1.29, 1.82) is 5.26 Å². The molecule has 5 nitrogen and oxygen atoms in total. The normalized spacial score (nSPS) is 11.2. The molecule has 2 aromatic carbocycles. The maximum atomic E-state index is 12.4. The number of methoxy groups -OCH3 is 1. The van der Waals surface area contributed by atoms with Gasteiger partial charge < -0.3 is 14.6 Å². The van der Waals surface area contributed by atoms with Crippen molar-refractivity contribution in [2.45, 2.75) is 6.54 Å². The number of nitrogens with one attached hydrogen (secondary N) is 1. The lowest BCUT2D eigenvalue weighted by atomic mass is 10.1. The van der Waals surface area contributed by atoms with Crippen molar-refractivity contribution < 1.29 is 9.53 Å². The molecule has 1 heterocycles. The highest BCUT2D eigenvalue weighted by atomic mass is 16.5. The highest BCUT2D eigenvalue weighted by Gasteiger charge is 2.11. The van der Waals surface area contributed by atoms with Crippen molar-refractivity contribution in [3.8, 4) is 11.8 Å². The molecule has 1 aromatic heterocycles. The molecule has 0 fully saturated rings. The summed E-state index contributed by atoms with van der Waals surface area (Å²) in [6.07, 6.45) is 3.55. The fourth-order valence-corrected chi connectivity index (χ4v) is 2.81. The van der Waals surface area contributed by atoms with Gasteiger partial charge in [0.1, 0.15) is 17.4 Å². The number of benzene rings is 2. The predicted octanol–water partition coefficient (Wildman–Crippen LogP) is 3.41. The van der Waals surface area contributed by atoms with Crippen LogP contribution in [0.25, 0.3) is 17.0 Å². The highest BCUT2D eigenvalue weighted by Crippen LogP contribution is 2.22. The molecule has 130 valence electrons. The predicted molar refractivity (Wildman–Crippen MR) is 101 cm³/mol. The second-order valence-electron chi connectivity index (χ2n) is 5.91. The third-order valence-corrected chi connectivity index (χ3v) is 4.20. The summed E-state index contributed by atoms with van der Waals surface area (Å²) in [6.45, 7) is 0.345. The Bertz CT molecular complexity index is 1010. The quantitative estimate of drug-likeness (QED) is 0.569. The molecule has 5 heteroatoms. The summed E-state index contributed by atoms with van der Waals surface area (Å²) in [6, 6.07) is 17.3. The van der Waals surface area contributed by atoms with E-state index in [0.717, 1.165) is 27.8 Å². The molecule has 0 unspecified atom stereocenters. The molecule has 0 atom stereocenters. The zero-order valence-corrected chi connectivity index (χ0v) is 14.7. The molecule has 0 spiro atoms. The molecular weight excluding hydrogens is 326 g/mol. The first kappa shape index (κ1) is 17.3. The van der Waals surface area contributed by atoms with Gasteiger partial charge in [-0.05, 0) is 29.8 Å². The van der Waals surface area contributed by atoms with E-state index in [0.29, 0.717) is 6.54 Å². The zero-order chi connectivity index (χ0) is 18.5. The third kappa shape index (κ3) is 3.60. The monoisotopic (exact) mass is 345 g/mol. The van der Waals surface area contributed by atoms with Crippen LogP contribution in [0.4, 0.5) is 0 Å². The average molecular weight is 345 g/mol. The first-order valence-corrected chi connectivity index (χ1v) is 8.19. The van der Waals surface area contributed by atoms with E-state index in [1.165, 1.54) is 0 Å². The Morgan fingerprint density at radius 3 is 2.65 bits per heavy atom. The largest absolute Gasteiger partial charge is 0.497 e. The van der Waals surface area contributed by atoms with Gasteiger partial charge in [0.15, 0.2) is 0 Å². The van der Waals surface area contributed by atoms with E-state index in [-0.39, 0.29) is 5.57 Å². The molecule has 0 radical (unpaired) electrons. The zero-order valence-electron chi connectivity index (χ0n) is 14.7. The standard InChI is InChI=1S/C21H19N3O2/c1-24-14-17(19-5-3-4-6-20(19)24)11-16(12-22)21(25)23-13-15-7-9-18(26-2)10-8-15/h3-11,14H,13H2,1-2H3,(H,23,25)/b16-11-. The van der Waals surface area contributed by atoms with E-state index in [4.69, 9.17) is 4.74 Å². The fourth-order valence-electron chi connectivity index (χ4n) is 2.81. The first-order chi connectivity index (χ1) is 12.6. The Labute approximate surface area is 152 Å². The van der Waals surface area contributed by atoms with Crippen LogP contribution in [0.5, 0.6) is 5.75 Å². The summed E-state index contributed by atoms with van der Waals surface area (Å²) >= 11 is 0. The Morgan fingerprint density at radius 2 is 1.96 bits per heavy atom. The Morgan fingerprint density at radius 1 is 1.23 bits per heavy atom. The second-order valence-corrected chi connectivity index (χ2v) is 5.91. The Kier molecular flexibility index (Phi) is 5.04. The maximum absolute atomic E-state index is 12.4. The van der Waals surface area contributed by atoms with Gasteiger partial charge in [0.2, 0.25) is 0 Å². The van der Waals surface area contributed by atoms with E-state index in [1.807, 2.05) is 72.4 Å². The molecule has 3 rings (SSSR count). The van der Waals surface area contributed by atoms with Crippen LogP contribution in [0, 0.1) is 11.3 Å². The van der Waals surface area contributed by atoms with Crippen LogP contribution in [0.1, 0.15) is 11.1 Å². The fraction of sp³-hybridized carbons (Fsp3) is 0.143. The van der Waals surface area contributed by atoms with Gasteiger partial charge in [-0.15, -0.1) is 0 Å². The van der Waals surface area contributed by atoms with Gasteiger partial charge in [0.25, 0.3) is 5.91 Å². The molecule has 0 saturated heterocycles. The number of nitriles is 1. The van der Waals surface area contributed by atoms with Crippen molar-refractivity contribution in [1.82, 2.24) is 9.88 Å². The molecular formula is C21H19N3O2. The number of carbonyl (C=O) groups excluding carboxylic acids is 1. The van der Waals surface area contributed by atoms with Crippen LogP contribution >= 0.6 is 0 Å². The van der Waals surface area contributed by atoms with E-state index in [9.17, 15) is 10.1 Å². The van der Waals surface area contributed by atoms with E-state index in [1.54, 1.807) is 13.2 Å². The number of rotatable bonds is 5. The number of carbonyl (C=O) groups is 1. The summed E-state index contributed by atoms with van der Waals surface area (Å²) in [5.41, 5.74) is 2.91. The molecule has 0 saturated carbocycles. The molecule has 26 heavy (non-hydrogen) atoms. The van der Waals surface area contributed by atoms with Gasteiger partial charge >= 0.3 is 0 Å². The van der Waals surface area contributed by atoms with Crippen molar-refractivity contribution >= 4 is 22.9 Å². The molecule has 0 aliphatic carbocycles. The molecule has 0 aliphatic rings. The van der Waals surface area contributed by atoms with Gasteiger partial charge in [-0.25, -0.2) is 0 Å². The van der Waals surface area contributed by atoms with Crippen molar-refractivity contribution in [3.63, 3.8) is 0 Å². The van der Waals surface area contributed by atoms with E-state index >= 15 is 0 Å². The number of amides is 1. The minimum absolute atomic E-state index is 0.0786. The highest BCUT2D eigenvalue weighted by molar-refractivity contribution is 6.04. The number of para-hydroxylation sites is 1. The third-order valence-electron chi connectivity index (χ3n) is 4.20. The summed E-state index contributed by atoms with van der Waals surface area (Å²) < 4.78 is 7.09. The van der Waals surface area contributed by atoms with Crippen LogP contribution in [0.3, 0.4) is 0 Å². The Balaban J connectivity index is 1.77. The van der Waals surface area contributed by atoms with E-state index < -0.39 is 5.91 Å². The lowest BCUT2D eigenvalue weighted by molar-refractivity contribution is -0.117. The molecule has 3 aromatic rings. The molecule has 1 N–H and O–H groups in total. The van der Waals surface area contributed by atoms with Gasteiger partial charge in [-0.1, -0.05) is 30.3 Å². The lowest BCUT2D eigenvalue weighted by Crippen LogP contribution is -2.23. The Hall–Kier alpha value is -3.52. The van der Waals surface area contributed by atoms with Crippen LogP contribution < -0.4 is 10.1 Å². The molecule has 0 bridgehead atoms. The number of aryl methyl sites for hydroxylation is 1.